The summed E-state index contributed by atoms with van der Waals surface area (Å²) in [5, 5.41) is 3.42. The van der Waals surface area contributed by atoms with Crippen molar-refractivity contribution in [2.45, 2.75) is 25.3 Å². The molecule has 2 fully saturated rings. The maximum atomic E-state index is 5.77. The van der Waals surface area contributed by atoms with Gasteiger partial charge in [0.25, 0.3) is 0 Å². The Labute approximate surface area is 62.2 Å². The van der Waals surface area contributed by atoms with Crippen LogP contribution in [0.4, 0.5) is 0 Å². The molecule has 1 aliphatic carbocycles. The van der Waals surface area contributed by atoms with Crippen LogP contribution < -0.4 is 11.1 Å². The Morgan fingerprint density at radius 3 is 2.70 bits per heavy atom. The molecule has 2 heteroatoms. The first kappa shape index (κ1) is 6.62. The summed E-state index contributed by atoms with van der Waals surface area (Å²) in [6, 6.07) is 0.546. The zero-order chi connectivity index (χ0) is 6.97. The Hall–Kier alpha value is -0.0800. The van der Waals surface area contributed by atoms with Crippen molar-refractivity contribution in [2.24, 2.45) is 17.6 Å². The normalized spacial score (nSPS) is 47.1. The van der Waals surface area contributed by atoms with E-state index >= 15 is 0 Å². The van der Waals surface area contributed by atoms with Crippen molar-refractivity contribution < 1.29 is 0 Å². The lowest BCUT2D eigenvalue weighted by Crippen LogP contribution is -2.32. The van der Waals surface area contributed by atoms with Gasteiger partial charge < -0.3 is 11.1 Å². The second kappa shape index (κ2) is 2.51. The molecule has 3 N–H and O–H groups in total. The fourth-order valence-electron chi connectivity index (χ4n) is 2.02. The summed E-state index contributed by atoms with van der Waals surface area (Å²) >= 11 is 0. The predicted molar refractivity (Wildman–Crippen MR) is 41.7 cm³/mol. The molecule has 0 aromatic heterocycles. The van der Waals surface area contributed by atoms with Gasteiger partial charge in [-0.15, -0.1) is 0 Å². The van der Waals surface area contributed by atoms with Crippen molar-refractivity contribution in [3.63, 3.8) is 0 Å². The van der Waals surface area contributed by atoms with Crippen molar-refractivity contribution in [3.8, 4) is 0 Å². The quantitative estimate of drug-likeness (QED) is 0.551. The topological polar surface area (TPSA) is 38.0 Å². The lowest BCUT2D eigenvalue weighted by Gasteiger charge is -2.22. The maximum absolute atomic E-state index is 5.77. The first-order valence-electron chi connectivity index (χ1n) is 4.34. The van der Waals surface area contributed by atoms with E-state index in [1.54, 1.807) is 0 Å². The van der Waals surface area contributed by atoms with E-state index in [2.05, 4.69) is 5.32 Å². The first-order valence-corrected chi connectivity index (χ1v) is 4.34. The van der Waals surface area contributed by atoms with Gasteiger partial charge in [0.15, 0.2) is 0 Å². The monoisotopic (exact) mass is 140 g/mol. The van der Waals surface area contributed by atoms with Gasteiger partial charge in [-0.25, -0.2) is 0 Å². The van der Waals surface area contributed by atoms with Gasteiger partial charge in [-0.1, -0.05) is 0 Å². The van der Waals surface area contributed by atoms with E-state index in [-0.39, 0.29) is 0 Å². The van der Waals surface area contributed by atoms with Crippen molar-refractivity contribution in [1.29, 1.82) is 0 Å². The summed E-state index contributed by atoms with van der Waals surface area (Å²) in [5.41, 5.74) is 5.77. The number of rotatable bonds is 1. The smallest absolute Gasteiger partial charge is 0.00741 e. The molecule has 0 spiro atoms. The number of hydrogen-bond donors (Lipinski definition) is 2. The van der Waals surface area contributed by atoms with E-state index in [9.17, 15) is 0 Å². The van der Waals surface area contributed by atoms with E-state index in [4.69, 9.17) is 5.73 Å². The minimum Gasteiger partial charge on any atom is -0.327 e. The minimum absolute atomic E-state index is 0.546. The van der Waals surface area contributed by atoms with Crippen LogP contribution in [0.2, 0.25) is 0 Å². The number of hydrogen-bond acceptors (Lipinski definition) is 2. The van der Waals surface area contributed by atoms with Crippen LogP contribution in [0, 0.1) is 11.8 Å². The predicted octanol–water partition coefficient (Wildman–Crippen LogP) is 0.333. The van der Waals surface area contributed by atoms with Gasteiger partial charge in [-0.05, 0) is 44.2 Å². The standard InChI is InChI=1S/C8H16N2/c9-8-4-7(8)6-2-1-3-10-5-6/h6-8,10H,1-5,9H2/t6?,7-,8+/m1/s1. The molecule has 0 bridgehead atoms. The molecule has 2 nitrogen and oxygen atoms in total. The van der Waals surface area contributed by atoms with E-state index in [0.29, 0.717) is 6.04 Å². The third-order valence-corrected chi connectivity index (χ3v) is 2.83. The maximum Gasteiger partial charge on any atom is 0.00741 e. The van der Waals surface area contributed by atoms with Crippen LogP contribution in [0.3, 0.4) is 0 Å². The van der Waals surface area contributed by atoms with Gasteiger partial charge in [0, 0.05) is 6.04 Å². The molecule has 1 saturated carbocycles. The highest BCUT2D eigenvalue weighted by Gasteiger charge is 2.40. The largest absolute Gasteiger partial charge is 0.327 e. The van der Waals surface area contributed by atoms with Gasteiger partial charge in [0.05, 0.1) is 0 Å². The van der Waals surface area contributed by atoms with Crippen LogP contribution >= 0.6 is 0 Å². The molecule has 0 aromatic carbocycles. The summed E-state index contributed by atoms with van der Waals surface area (Å²) in [5.74, 6) is 1.77. The fraction of sp³-hybridized carbons (Fsp3) is 1.00. The summed E-state index contributed by atoms with van der Waals surface area (Å²) in [4.78, 5) is 0. The molecular formula is C8H16N2. The SMILES string of the molecule is N[C@H]1C[C@@H]1C1CCCNC1. The molecule has 0 aromatic rings. The van der Waals surface area contributed by atoms with Crippen LogP contribution in [0.25, 0.3) is 0 Å². The highest BCUT2D eigenvalue weighted by atomic mass is 14.9. The summed E-state index contributed by atoms with van der Waals surface area (Å²) in [7, 11) is 0. The van der Waals surface area contributed by atoms with Crippen molar-refractivity contribution >= 4 is 0 Å². The minimum atomic E-state index is 0.546. The average Bonchev–Trinajstić information content (AvgIpc) is 2.69. The summed E-state index contributed by atoms with van der Waals surface area (Å²) in [6.07, 6.45) is 4.05. The van der Waals surface area contributed by atoms with Crippen LogP contribution in [0.5, 0.6) is 0 Å². The molecule has 0 amide bonds. The Bertz CT molecular complexity index is 118. The molecule has 1 heterocycles. The van der Waals surface area contributed by atoms with E-state index in [1.807, 2.05) is 0 Å². The lowest BCUT2D eigenvalue weighted by molar-refractivity contribution is 0.337. The highest BCUT2D eigenvalue weighted by molar-refractivity contribution is 4.96. The van der Waals surface area contributed by atoms with Crippen molar-refractivity contribution in [3.05, 3.63) is 0 Å². The highest BCUT2D eigenvalue weighted by Crippen LogP contribution is 2.38. The molecule has 58 valence electrons. The molecule has 3 atom stereocenters. The van der Waals surface area contributed by atoms with Crippen LogP contribution in [-0.2, 0) is 0 Å². The third kappa shape index (κ3) is 1.18. The Morgan fingerprint density at radius 2 is 2.20 bits per heavy atom. The van der Waals surface area contributed by atoms with Crippen LogP contribution in [-0.4, -0.2) is 19.1 Å². The van der Waals surface area contributed by atoms with Gasteiger partial charge in [-0.3, -0.25) is 0 Å². The Morgan fingerprint density at radius 1 is 1.40 bits per heavy atom. The van der Waals surface area contributed by atoms with Gasteiger partial charge in [0.2, 0.25) is 0 Å². The summed E-state index contributed by atoms with van der Waals surface area (Å²) < 4.78 is 0. The van der Waals surface area contributed by atoms with Gasteiger partial charge in [0.1, 0.15) is 0 Å². The molecule has 0 radical (unpaired) electrons. The lowest BCUT2D eigenvalue weighted by atomic mass is 9.94. The fourth-order valence-corrected chi connectivity index (χ4v) is 2.02. The molecule has 2 rings (SSSR count). The number of nitrogens with one attached hydrogen (secondary N) is 1. The second-order valence-electron chi connectivity index (χ2n) is 3.67. The molecular weight excluding hydrogens is 124 g/mol. The molecule has 1 saturated heterocycles. The summed E-state index contributed by atoms with van der Waals surface area (Å²) in [6.45, 7) is 2.44. The Kier molecular flexibility index (Phi) is 1.66. The van der Waals surface area contributed by atoms with Crippen LogP contribution in [0.1, 0.15) is 19.3 Å². The average molecular weight is 140 g/mol. The van der Waals surface area contributed by atoms with E-state index in [0.717, 1.165) is 11.8 Å². The van der Waals surface area contributed by atoms with Crippen LogP contribution in [0.15, 0.2) is 0 Å². The molecule has 2 aliphatic rings. The zero-order valence-corrected chi connectivity index (χ0v) is 6.34. The van der Waals surface area contributed by atoms with E-state index in [1.165, 1.54) is 32.4 Å². The number of piperidine rings is 1. The first-order chi connectivity index (χ1) is 4.88. The molecule has 1 unspecified atom stereocenters. The van der Waals surface area contributed by atoms with Crippen molar-refractivity contribution in [2.75, 3.05) is 13.1 Å². The zero-order valence-electron chi connectivity index (χ0n) is 6.34. The van der Waals surface area contributed by atoms with Crippen molar-refractivity contribution in [1.82, 2.24) is 5.32 Å². The van der Waals surface area contributed by atoms with E-state index < -0.39 is 0 Å². The van der Waals surface area contributed by atoms with Gasteiger partial charge in [-0.2, -0.15) is 0 Å². The second-order valence-corrected chi connectivity index (χ2v) is 3.67. The third-order valence-electron chi connectivity index (χ3n) is 2.83. The number of nitrogens with two attached hydrogens (primary N) is 1. The molecule has 1 aliphatic heterocycles. The Balaban J connectivity index is 1.81. The van der Waals surface area contributed by atoms with Gasteiger partial charge >= 0.3 is 0 Å². The molecule has 10 heavy (non-hydrogen) atoms.